The van der Waals surface area contributed by atoms with Crippen molar-refractivity contribution < 1.29 is 19.1 Å². The maximum atomic E-state index is 13.1. The highest BCUT2D eigenvalue weighted by atomic mass is 16.5. The second-order valence-corrected chi connectivity index (χ2v) is 8.36. The lowest BCUT2D eigenvalue weighted by atomic mass is 9.84. The van der Waals surface area contributed by atoms with E-state index in [4.69, 9.17) is 4.74 Å². The van der Waals surface area contributed by atoms with Gasteiger partial charge < -0.3 is 9.64 Å². The number of ketones is 1. The van der Waals surface area contributed by atoms with E-state index in [1.54, 1.807) is 13.8 Å². The van der Waals surface area contributed by atoms with Crippen LogP contribution in [-0.2, 0) is 19.1 Å². The molecule has 3 rings (SSSR count). The van der Waals surface area contributed by atoms with Gasteiger partial charge in [-0.3, -0.25) is 9.59 Å². The van der Waals surface area contributed by atoms with E-state index in [-0.39, 0.29) is 0 Å². The summed E-state index contributed by atoms with van der Waals surface area (Å²) in [7, 11) is 0. The Bertz CT molecular complexity index is 852. The van der Waals surface area contributed by atoms with Gasteiger partial charge in [-0.05, 0) is 30.4 Å². The molecule has 1 aliphatic heterocycles. The van der Waals surface area contributed by atoms with E-state index in [1.807, 2.05) is 67.6 Å². The molecule has 5 heteroatoms. The van der Waals surface area contributed by atoms with E-state index in [0.717, 1.165) is 11.1 Å². The molecule has 0 bridgehead atoms. The van der Waals surface area contributed by atoms with Crippen LogP contribution < -0.4 is 0 Å². The maximum absolute atomic E-state index is 13.1. The smallest absolute Gasteiger partial charge is 0.329 e. The van der Waals surface area contributed by atoms with Crippen molar-refractivity contribution >= 4 is 17.7 Å². The van der Waals surface area contributed by atoms with Crippen molar-refractivity contribution in [3.63, 3.8) is 0 Å². The first kappa shape index (κ1) is 21.8. The molecule has 5 nitrogen and oxygen atoms in total. The molecule has 1 saturated heterocycles. The Morgan fingerprint density at radius 2 is 1.53 bits per heavy atom. The molecule has 30 heavy (non-hydrogen) atoms. The van der Waals surface area contributed by atoms with Gasteiger partial charge in [-0.2, -0.15) is 0 Å². The first-order valence-corrected chi connectivity index (χ1v) is 10.5. The van der Waals surface area contributed by atoms with Crippen LogP contribution in [0.5, 0.6) is 0 Å². The molecular formula is C25H29NO4. The number of carbonyl (C=O) groups is 3. The number of carbonyl (C=O) groups excluding carboxylic acids is 3. The Hall–Kier alpha value is -2.95. The number of esters is 1. The highest BCUT2D eigenvalue weighted by Gasteiger charge is 2.42. The van der Waals surface area contributed by atoms with E-state index < -0.39 is 35.2 Å². The summed E-state index contributed by atoms with van der Waals surface area (Å²) < 4.78 is 5.93. The minimum absolute atomic E-state index is 0.394. The minimum atomic E-state index is -0.745. The molecule has 0 N–H and O–H groups in total. The average molecular weight is 408 g/mol. The number of likely N-dealkylation sites (tertiary alicyclic amines) is 1. The van der Waals surface area contributed by atoms with Crippen LogP contribution >= 0.6 is 0 Å². The quantitative estimate of drug-likeness (QED) is 0.507. The molecule has 158 valence electrons. The van der Waals surface area contributed by atoms with Crippen LogP contribution in [-0.4, -0.2) is 35.1 Å². The van der Waals surface area contributed by atoms with Crippen LogP contribution in [0.1, 0.15) is 57.3 Å². The Balaban J connectivity index is 1.82. The molecule has 1 atom stereocenters. The summed E-state index contributed by atoms with van der Waals surface area (Å²) in [5.41, 5.74) is 0.970. The average Bonchev–Trinajstić information content (AvgIpc) is 3.27. The molecule has 1 unspecified atom stereocenters. The van der Waals surface area contributed by atoms with Crippen LogP contribution in [0, 0.1) is 5.41 Å². The van der Waals surface area contributed by atoms with Crippen LogP contribution in [0.25, 0.3) is 0 Å². The first-order chi connectivity index (χ1) is 14.3. The van der Waals surface area contributed by atoms with Gasteiger partial charge in [0.1, 0.15) is 6.04 Å². The molecular weight excluding hydrogens is 378 g/mol. The van der Waals surface area contributed by atoms with Gasteiger partial charge in [0.2, 0.25) is 5.78 Å². The van der Waals surface area contributed by atoms with Crippen molar-refractivity contribution in [1.29, 1.82) is 0 Å². The van der Waals surface area contributed by atoms with E-state index in [0.29, 0.717) is 25.8 Å². The number of rotatable bonds is 7. The summed E-state index contributed by atoms with van der Waals surface area (Å²) in [4.78, 5) is 40.1. The van der Waals surface area contributed by atoms with Gasteiger partial charge in [-0.15, -0.1) is 0 Å². The van der Waals surface area contributed by atoms with Crippen molar-refractivity contribution in [3.05, 3.63) is 71.8 Å². The van der Waals surface area contributed by atoms with Crippen LogP contribution in [0.3, 0.4) is 0 Å². The van der Waals surface area contributed by atoms with Gasteiger partial charge in [0.25, 0.3) is 5.91 Å². The molecule has 1 fully saturated rings. The van der Waals surface area contributed by atoms with E-state index >= 15 is 0 Å². The fourth-order valence-electron chi connectivity index (χ4n) is 3.61. The fourth-order valence-corrected chi connectivity index (χ4v) is 3.61. The van der Waals surface area contributed by atoms with Crippen molar-refractivity contribution in [2.45, 2.75) is 52.2 Å². The standard InChI is InChI=1S/C25H29NO4/c1-4-25(2,3)22(27)23(28)26-17-11-16-20(26)24(29)30-21(18-12-7-5-8-13-18)19-14-9-6-10-15-19/h5-10,12-15,20-21H,4,11,16-17H2,1-3H3. The minimum Gasteiger partial charge on any atom is -0.451 e. The Morgan fingerprint density at radius 1 is 1.00 bits per heavy atom. The summed E-state index contributed by atoms with van der Waals surface area (Å²) in [6.45, 7) is 5.80. The lowest BCUT2D eigenvalue weighted by Crippen LogP contribution is -2.48. The number of Topliss-reactive ketones (excluding diaryl/α,β-unsaturated/α-hetero) is 1. The number of nitrogens with zero attached hydrogens (tertiary/aromatic N) is 1. The first-order valence-electron chi connectivity index (χ1n) is 10.5. The summed E-state index contributed by atoms with van der Waals surface area (Å²) in [6.07, 6.45) is 1.16. The molecule has 0 aromatic heterocycles. The van der Waals surface area contributed by atoms with Crippen LogP contribution in [0.2, 0.25) is 0 Å². The van der Waals surface area contributed by atoms with Gasteiger partial charge in [-0.25, -0.2) is 4.79 Å². The van der Waals surface area contributed by atoms with Gasteiger partial charge in [0, 0.05) is 12.0 Å². The zero-order valence-electron chi connectivity index (χ0n) is 17.8. The number of ether oxygens (including phenoxy) is 1. The number of hydrogen-bond acceptors (Lipinski definition) is 4. The second-order valence-electron chi connectivity index (χ2n) is 8.36. The molecule has 2 aromatic rings. The fraction of sp³-hybridized carbons (Fsp3) is 0.400. The monoisotopic (exact) mass is 407 g/mol. The lowest BCUT2D eigenvalue weighted by Gasteiger charge is -2.28. The van der Waals surface area contributed by atoms with Crippen molar-refractivity contribution in [2.75, 3.05) is 6.54 Å². The SMILES string of the molecule is CCC(C)(C)C(=O)C(=O)N1CCCC1C(=O)OC(c1ccccc1)c1ccccc1. The van der Waals surface area contributed by atoms with E-state index in [2.05, 4.69) is 0 Å². The third-order valence-electron chi connectivity index (χ3n) is 5.92. The number of hydrogen-bond donors (Lipinski definition) is 0. The number of benzene rings is 2. The summed E-state index contributed by atoms with van der Waals surface area (Å²) >= 11 is 0. The molecule has 0 spiro atoms. The lowest BCUT2D eigenvalue weighted by molar-refractivity contribution is -0.159. The predicted molar refractivity (Wildman–Crippen MR) is 115 cm³/mol. The van der Waals surface area contributed by atoms with Gasteiger partial charge in [0.15, 0.2) is 6.10 Å². The predicted octanol–water partition coefficient (Wildman–Crippen LogP) is 4.32. The third kappa shape index (κ3) is 4.61. The summed E-state index contributed by atoms with van der Waals surface area (Å²) in [5.74, 6) is -1.51. The molecule has 1 amide bonds. The molecule has 0 radical (unpaired) electrons. The van der Waals surface area contributed by atoms with E-state index in [9.17, 15) is 14.4 Å². The Labute approximate surface area is 178 Å². The van der Waals surface area contributed by atoms with Crippen molar-refractivity contribution in [1.82, 2.24) is 4.90 Å². The summed E-state index contributed by atoms with van der Waals surface area (Å²) in [6, 6.07) is 18.3. The molecule has 0 aliphatic carbocycles. The third-order valence-corrected chi connectivity index (χ3v) is 5.92. The normalized spacial score (nSPS) is 16.5. The van der Waals surface area contributed by atoms with Gasteiger partial charge >= 0.3 is 5.97 Å². The molecule has 1 aliphatic rings. The number of amides is 1. The van der Waals surface area contributed by atoms with Crippen LogP contribution in [0.4, 0.5) is 0 Å². The highest BCUT2D eigenvalue weighted by Crippen LogP contribution is 2.30. The van der Waals surface area contributed by atoms with Crippen LogP contribution in [0.15, 0.2) is 60.7 Å². The molecule has 1 heterocycles. The molecule has 0 saturated carbocycles. The van der Waals surface area contributed by atoms with Crippen molar-refractivity contribution in [2.24, 2.45) is 5.41 Å². The zero-order valence-corrected chi connectivity index (χ0v) is 17.8. The zero-order chi connectivity index (χ0) is 21.7. The Morgan fingerprint density at radius 3 is 2.03 bits per heavy atom. The van der Waals surface area contributed by atoms with Gasteiger partial charge in [0.05, 0.1) is 0 Å². The maximum Gasteiger partial charge on any atom is 0.329 e. The molecule has 2 aromatic carbocycles. The Kier molecular flexibility index (Phi) is 6.70. The summed E-state index contributed by atoms with van der Waals surface area (Å²) in [5, 5.41) is 0. The topological polar surface area (TPSA) is 63.7 Å². The second kappa shape index (κ2) is 9.24. The van der Waals surface area contributed by atoms with Crippen molar-refractivity contribution in [3.8, 4) is 0 Å². The highest BCUT2D eigenvalue weighted by molar-refractivity contribution is 6.38. The van der Waals surface area contributed by atoms with E-state index in [1.165, 1.54) is 4.90 Å². The largest absolute Gasteiger partial charge is 0.451 e. The van der Waals surface area contributed by atoms with Gasteiger partial charge in [-0.1, -0.05) is 81.4 Å².